The summed E-state index contributed by atoms with van der Waals surface area (Å²) in [7, 11) is 1.63. The number of pyridine rings is 1. The van der Waals surface area contributed by atoms with E-state index in [9.17, 15) is 0 Å². The zero-order valence-electron chi connectivity index (χ0n) is 10.5. The fourth-order valence-electron chi connectivity index (χ4n) is 2.28. The molecule has 3 aromatic rings. The minimum atomic E-state index is -1.56. The molecule has 0 unspecified atom stereocenters. The Morgan fingerprint density at radius 1 is 0.950 bits per heavy atom. The number of benzene rings is 2. The van der Waals surface area contributed by atoms with Crippen molar-refractivity contribution in [2.24, 2.45) is 0 Å². The molecule has 0 aliphatic rings. The van der Waals surface area contributed by atoms with Crippen molar-refractivity contribution >= 4 is 56.5 Å². The van der Waals surface area contributed by atoms with Gasteiger partial charge < -0.3 is 4.74 Å². The van der Waals surface area contributed by atoms with Crippen molar-refractivity contribution in [3.05, 3.63) is 48.2 Å². The Bertz CT molecular complexity index is 796. The zero-order valence-corrected chi connectivity index (χ0v) is 12.8. The van der Waals surface area contributed by atoms with Crippen molar-refractivity contribution < 1.29 is 4.74 Å². The molecule has 0 N–H and O–H groups in total. The Labute approximate surface area is 131 Å². The molecule has 0 saturated heterocycles. The number of ether oxygens (including phenoxy) is 1. The van der Waals surface area contributed by atoms with Gasteiger partial charge in [-0.25, -0.2) is 4.98 Å². The average molecular weight is 327 g/mol. The highest BCUT2D eigenvalue weighted by atomic mass is 35.6. The summed E-state index contributed by atoms with van der Waals surface area (Å²) in [5, 5.41) is 2.78. The highest BCUT2D eigenvalue weighted by Crippen LogP contribution is 2.42. The first-order chi connectivity index (χ1) is 9.50. The second-order valence-electron chi connectivity index (χ2n) is 4.39. The lowest BCUT2D eigenvalue weighted by Crippen LogP contribution is -2.05. The van der Waals surface area contributed by atoms with E-state index in [1.54, 1.807) is 7.11 Å². The van der Waals surface area contributed by atoms with Gasteiger partial charge in [-0.05, 0) is 23.6 Å². The van der Waals surface area contributed by atoms with E-state index in [0.29, 0.717) is 5.69 Å². The Balaban J connectivity index is 2.48. The molecule has 20 heavy (non-hydrogen) atoms. The molecule has 0 bridgehead atoms. The smallest absolute Gasteiger partial charge is 0.233 e. The van der Waals surface area contributed by atoms with Crippen molar-refractivity contribution in [2.45, 2.75) is 3.79 Å². The number of halogens is 3. The molecular formula is C15H10Cl3NO. The van der Waals surface area contributed by atoms with Crippen molar-refractivity contribution in [1.29, 1.82) is 0 Å². The van der Waals surface area contributed by atoms with Gasteiger partial charge in [0.25, 0.3) is 0 Å². The summed E-state index contributed by atoms with van der Waals surface area (Å²) in [5.41, 5.74) is 1.21. The molecule has 1 heterocycles. The maximum Gasteiger partial charge on any atom is 0.233 e. The number of fused-ring (bicyclic) bond motifs is 3. The molecule has 1 aromatic heterocycles. The first-order valence-electron chi connectivity index (χ1n) is 5.94. The summed E-state index contributed by atoms with van der Waals surface area (Å²) >= 11 is 18.1. The molecule has 102 valence electrons. The van der Waals surface area contributed by atoms with Crippen LogP contribution in [-0.4, -0.2) is 12.1 Å². The fourth-order valence-corrected chi connectivity index (χ4v) is 2.71. The average Bonchev–Trinajstić information content (AvgIpc) is 2.44. The van der Waals surface area contributed by atoms with E-state index in [-0.39, 0.29) is 0 Å². The first-order valence-corrected chi connectivity index (χ1v) is 7.08. The van der Waals surface area contributed by atoms with E-state index in [0.717, 1.165) is 27.4 Å². The summed E-state index contributed by atoms with van der Waals surface area (Å²) < 4.78 is 3.70. The number of alkyl halides is 3. The highest BCUT2D eigenvalue weighted by molar-refractivity contribution is 6.67. The number of nitrogens with zero attached hydrogens (tertiary/aromatic N) is 1. The van der Waals surface area contributed by atoms with Crippen LogP contribution in [0.4, 0.5) is 0 Å². The van der Waals surface area contributed by atoms with Crippen LogP contribution in [-0.2, 0) is 3.79 Å². The summed E-state index contributed by atoms with van der Waals surface area (Å²) in [5.74, 6) is 0.770. The Hall–Kier alpha value is -1.22. The molecule has 3 rings (SSSR count). The number of methoxy groups -OCH3 is 1. The lowest BCUT2D eigenvalue weighted by molar-refractivity contribution is 0.415. The van der Waals surface area contributed by atoms with E-state index < -0.39 is 3.79 Å². The lowest BCUT2D eigenvalue weighted by Gasteiger charge is -2.15. The second kappa shape index (κ2) is 4.96. The third-order valence-corrected chi connectivity index (χ3v) is 3.71. The van der Waals surface area contributed by atoms with Crippen LogP contribution in [0, 0.1) is 0 Å². The van der Waals surface area contributed by atoms with Gasteiger partial charge in [0, 0.05) is 10.8 Å². The van der Waals surface area contributed by atoms with Crippen LogP contribution >= 0.6 is 34.8 Å². The maximum absolute atomic E-state index is 6.04. The molecule has 2 nitrogen and oxygen atoms in total. The zero-order chi connectivity index (χ0) is 14.3. The third kappa shape index (κ3) is 2.28. The van der Waals surface area contributed by atoms with Crippen molar-refractivity contribution in [2.75, 3.05) is 7.11 Å². The van der Waals surface area contributed by atoms with Crippen molar-refractivity contribution in [1.82, 2.24) is 4.98 Å². The molecule has 0 amide bonds. The van der Waals surface area contributed by atoms with Crippen LogP contribution < -0.4 is 4.74 Å². The minimum Gasteiger partial charge on any atom is -0.497 e. The molecule has 5 heteroatoms. The number of hydrogen-bond donors (Lipinski definition) is 0. The van der Waals surface area contributed by atoms with Crippen LogP contribution in [0.25, 0.3) is 21.7 Å². The Kier molecular flexibility index (Phi) is 3.41. The Morgan fingerprint density at radius 3 is 2.30 bits per heavy atom. The van der Waals surface area contributed by atoms with E-state index in [4.69, 9.17) is 39.5 Å². The van der Waals surface area contributed by atoms with Gasteiger partial charge in [0.15, 0.2) is 0 Å². The van der Waals surface area contributed by atoms with Gasteiger partial charge in [0.1, 0.15) is 11.4 Å². The van der Waals surface area contributed by atoms with E-state index in [2.05, 4.69) is 4.98 Å². The second-order valence-corrected chi connectivity index (χ2v) is 6.67. The third-order valence-electron chi connectivity index (χ3n) is 3.18. The predicted molar refractivity (Wildman–Crippen MR) is 85.0 cm³/mol. The largest absolute Gasteiger partial charge is 0.497 e. The van der Waals surface area contributed by atoms with E-state index in [1.807, 2.05) is 42.5 Å². The van der Waals surface area contributed by atoms with Gasteiger partial charge in [-0.1, -0.05) is 59.1 Å². The SMILES string of the molecule is COc1ccc2nc(C(Cl)(Cl)Cl)c3ccccc3c2c1. The molecule has 0 fully saturated rings. The highest BCUT2D eigenvalue weighted by Gasteiger charge is 2.28. The standard InChI is InChI=1S/C15H10Cl3NO/c1-20-9-6-7-13-12(8-9)10-4-2-3-5-11(10)14(19-13)15(16,17)18/h2-8H,1H3. The number of hydrogen-bond acceptors (Lipinski definition) is 2. The number of rotatable bonds is 1. The van der Waals surface area contributed by atoms with Gasteiger partial charge in [-0.15, -0.1) is 0 Å². The molecule has 0 saturated carbocycles. The molecule has 0 atom stereocenters. The van der Waals surface area contributed by atoms with Crippen LogP contribution in [0.3, 0.4) is 0 Å². The van der Waals surface area contributed by atoms with Crippen molar-refractivity contribution in [3.8, 4) is 5.75 Å². The summed E-state index contributed by atoms with van der Waals surface area (Å²) in [6.45, 7) is 0. The first kappa shape index (κ1) is 13.7. The van der Waals surface area contributed by atoms with Crippen molar-refractivity contribution in [3.63, 3.8) is 0 Å². The van der Waals surface area contributed by atoms with Crippen LogP contribution in [0.2, 0.25) is 0 Å². The molecule has 0 spiro atoms. The number of aromatic nitrogens is 1. The Morgan fingerprint density at radius 2 is 1.65 bits per heavy atom. The van der Waals surface area contributed by atoms with Gasteiger partial charge in [0.2, 0.25) is 3.79 Å². The topological polar surface area (TPSA) is 22.1 Å². The summed E-state index contributed by atoms with van der Waals surface area (Å²) in [6, 6.07) is 13.4. The summed E-state index contributed by atoms with van der Waals surface area (Å²) in [4.78, 5) is 4.50. The van der Waals surface area contributed by atoms with Crippen LogP contribution in [0.1, 0.15) is 5.69 Å². The lowest BCUT2D eigenvalue weighted by atomic mass is 10.0. The van der Waals surface area contributed by atoms with Crippen LogP contribution in [0.15, 0.2) is 42.5 Å². The quantitative estimate of drug-likeness (QED) is 0.451. The van der Waals surface area contributed by atoms with Gasteiger partial charge in [0.05, 0.1) is 12.6 Å². The van der Waals surface area contributed by atoms with E-state index >= 15 is 0 Å². The maximum atomic E-state index is 6.04. The molecule has 2 aromatic carbocycles. The molecule has 0 aliphatic heterocycles. The molecule has 0 radical (unpaired) electrons. The minimum absolute atomic E-state index is 0.441. The van der Waals surface area contributed by atoms with Crippen LogP contribution in [0.5, 0.6) is 5.75 Å². The normalized spacial score (nSPS) is 12.0. The van der Waals surface area contributed by atoms with Gasteiger partial charge in [-0.2, -0.15) is 0 Å². The monoisotopic (exact) mass is 325 g/mol. The fraction of sp³-hybridized carbons (Fsp3) is 0.133. The van der Waals surface area contributed by atoms with E-state index in [1.165, 1.54) is 0 Å². The predicted octanol–water partition coefficient (Wildman–Crippen LogP) is 5.22. The summed E-state index contributed by atoms with van der Waals surface area (Å²) in [6.07, 6.45) is 0. The molecular weight excluding hydrogens is 317 g/mol. The molecule has 0 aliphatic carbocycles. The van der Waals surface area contributed by atoms with Gasteiger partial charge in [-0.3, -0.25) is 0 Å². The van der Waals surface area contributed by atoms with Gasteiger partial charge >= 0.3 is 0 Å².